The van der Waals surface area contributed by atoms with Gasteiger partial charge in [0.2, 0.25) is 0 Å². The van der Waals surface area contributed by atoms with Crippen LogP contribution in [-0.2, 0) is 4.57 Å². The summed E-state index contributed by atoms with van der Waals surface area (Å²) in [5.74, 6) is -2.46. The number of benzene rings is 1. The second-order valence-electron chi connectivity index (χ2n) is 2.48. The molecule has 16 heavy (non-hydrogen) atoms. The molecule has 0 aromatic heterocycles. The molecule has 1 rings (SSSR count). The summed E-state index contributed by atoms with van der Waals surface area (Å²) in [5.41, 5.74) is -0.426. The number of hydrogen-bond acceptors (Lipinski definition) is 3. The van der Waals surface area contributed by atoms with Crippen LogP contribution in [0.25, 0.3) is 0 Å². The number of carbonyl (C=O) groups is 1. The molecular formula is C7H8FO7P. The predicted octanol–water partition coefficient (Wildman–Crippen LogP) is 0.301. The van der Waals surface area contributed by atoms with Gasteiger partial charge in [0.05, 0.1) is 0 Å². The van der Waals surface area contributed by atoms with Crippen molar-refractivity contribution in [2.24, 2.45) is 0 Å². The Bertz CT molecular complexity index is 418. The van der Waals surface area contributed by atoms with Gasteiger partial charge in [0.25, 0.3) is 0 Å². The number of hydrogen-bond donors (Lipinski definition) is 5. The summed E-state index contributed by atoms with van der Waals surface area (Å²) in [5, 5.41) is 17.2. The van der Waals surface area contributed by atoms with Gasteiger partial charge in [-0.3, -0.25) is 0 Å². The first kappa shape index (κ1) is 14.5. The molecule has 0 saturated heterocycles. The zero-order valence-electron chi connectivity index (χ0n) is 7.61. The third kappa shape index (κ3) is 6.91. The second kappa shape index (κ2) is 5.57. The number of phenols is 1. The molecule has 0 aliphatic rings. The third-order valence-corrected chi connectivity index (χ3v) is 1.19. The first-order valence-electron chi connectivity index (χ1n) is 3.61. The van der Waals surface area contributed by atoms with Crippen molar-refractivity contribution in [1.82, 2.24) is 0 Å². The van der Waals surface area contributed by atoms with Crippen LogP contribution in [0.3, 0.4) is 0 Å². The summed E-state index contributed by atoms with van der Waals surface area (Å²) in [6.45, 7) is 0. The van der Waals surface area contributed by atoms with Gasteiger partial charge in [-0.2, -0.15) is 0 Å². The van der Waals surface area contributed by atoms with Crippen LogP contribution in [0.15, 0.2) is 18.2 Å². The zero-order valence-corrected chi connectivity index (χ0v) is 8.50. The molecule has 1 aromatic rings. The van der Waals surface area contributed by atoms with Crippen molar-refractivity contribution in [2.45, 2.75) is 0 Å². The minimum Gasteiger partial charge on any atom is -0.507 e. The van der Waals surface area contributed by atoms with Gasteiger partial charge in [0, 0.05) is 0 Å². The quantitative estimate of drug-likeness (QED) is 0.455. The van der Waals surface area contributed by atoms with E-state index < -0.39 is 30.9 Å². The molecule has 5 N–H and O–H groups in total. The summed E-state index contributed by atoms with van der Waals surface area (Å²) in [6, 6.07) is 2.75. The van der Waals surface area contributed by atoms with E-state index in [4.69, 9.17) is 29.5 Å². The van der Waals surface area contributed by atoms with Gasteiger partial charge in [-0.1, -0.05) is 0 Å². The maximum Gasteiger partial charge on any atom is 0.466 e. The molecule has 1 aromatic carbocycles. The molecule has 0 heterocycles. The summed E-state index contributed by atoms with van der Waals surface area (Å²) >= 11 is 0. The van der Waals surface area contributed by atoms with Crippen LogP contribution >= 0.6 is 7.82 Å². The number of aromatic carboxylic acids is 1. The molecular weight excluding hydrogens is 246 g/mol. The Balaban J connectivity index is 0.000000385. The highest BCUT2D eigenvalue weighted by Crippen LogP contribution is 2.25. The Morgan fingerprint density at radius 1 is 1.25 bits per heavy atom. The van der Waals surface area contributed by atoms with Crippen molar-refractivity contribution in [2.75, 3.05) is 0 Å². The smallest absolute Gasteiger partial charge is 0.466 e. The first-order chi connectivity index (χ1) is 7.11. The summed E-state index contributed by atoms with van der Waals surface area (Å²) in [4.78, 5) is 31.8. The Kier molecular flexibility index (Phi) is 5.06. The molecule has 0 radical (unpaired) electrons. The van der Waals surface area contributed by atoms with Crippen molar-refractivity contribution in [3.05, 3.63) is 29.6 Å². The molecule has 7 nitrogen and oxygen atoms in total. The number of halogens is 1. The van der Waals surface area contributed by atoms with Gasteiger partial charge in [-0.05, 0) is 18.2 Å². The van der Waals surface area contributed by atoms with Crippen molar-refractivity contribution in [1.29, 1.82) is 0 Å². The summed E-state index contributed by atoms with van der Waals surface area (Å²) in [7, 11) is -4.64. The number of phosphoric acid groups is 1. The van der Waals surface area contributed by atoms with Gasteiger partial charge in [0.1, 0.15) is 17.1 Å². The average Bonchev–Trinajstić information content (AvgIpc) is 2.06. The van der Waals surface area contributed by atoms with Crippen molar-refractivity contribution >= 4 is 13.8 Å². The zero-order chi connectivity index (χ0) is 12.9. The molecule has 0 aliphatic heterocycles. The fourth-order valence-electron chi connectivity index (χ4n) is 0.680. The maximum atomic E-state index is 12.3. The lowest BCUT2D eigenvalue weighted by Gasteiger charge is -1.97. The van der Waals surface area contributed by atoms with E-state index in [-0.39, 0.29) is 0 Å². The standard InChI is InChI=1S/C7H5FO3.H3O4P/c8-4-1-2-6(9)5(3-4)7(10)11;1-5(2,3)4/h1-3,9H,(H,10,11);(H3,1,2,3,4). The van der Waals surface area contributed by atoms with Crippen LogP contribution in [0.5, 0.6) is 5.75 Å². The molecule has 9 heteroatoms. The van der Waals surface area contributed by atoms with Crippen LogP contribution in [0, 0.1) is 5.82 Å². The lowest BCUT2D eigenvalue weighted by atomic mass is 10.2. The molecule has 0 atom stereocenters. The van der Waals surface area contributed by atoms with Crippen LogP contribution in [-0.4, -0.2) is 30.9 Å². The topological polar surface area (TPSA) is 135 Å². The first-order valence-corrected chi connectivity index (χ1v) is 5.18. The molecule has 0 fully saturated rings. The van der Waals surface area contributed by atoms with E-state index in [1.165, 1.54) is 0 Å². The SMILES string of the molecule is O=C(O)c1cc(F)ccc1O.O=P(O)(O)O. The van der Waals surface area contributed by atoms with Crippen LogP contribution in [0.4, 0.5) is 4.39 Å². The number of aromatic hydroxyl groups is 1. The van der Waals surface area contributed by atoms with Gasteiger partial charge in [0.15, 0.2) is 0 Å². The fourth-order valence-corrected chi connectivity index (χ4v) is 0.680. The van der Waals surface area contributed by atoms with E-state index in [0.29, 0.717) is 0 Å². The molecule has 90 valence electrons. The van der Waals surface area contributed by atoms with Crippen molar-refractivity contribution in [3.63, 3.8) is 0 Å². The number of carboxylic acids is 1. The third-order valence-electron chi connectivity index (χ3n) is 1.19. The minimum atomic E-state index is -4.64. The fraction of sp³-hybridized carbons (Fsp3) is 0. The Hall–Kier alpha value is -1.47. The molecule has 0 spiro atoms. The normalized spacial score (nSPS) is 10.2. The van der Waals surface area contributed by atoms with E-state index in [9.17, 15) is 9.18 Å². The van der Waals surface area contributed by atoms with Crippen molar-refractivity contribution < 1.29 is 38.6 Å². The van der Waals surface area contributed by atoms with Crippen LogP contribution in [0.2, 0.25) is 0 Å². The minimum absolute atomic E-state index is 0.426. The van der Waals surface area contributed by atoms with E-state index in [1.807, 2.05) is 0 Å². The average molecular weight is 254 g/mol. The van der Waals surface area contributed by atoms with Crippen LogP contribution in [0.1, 0.15) is 10.4 Å². The molecule has 0 aliphatic carbocycles. The largest absolute Gasteiger partial charge is 0.507 e. The Labute approximate surface area is 88.7 Å². The summed E-state index contributed by atoms with van der Waals surface area (Å²) < 4.78 is 21.2. The van der Waals surface area contributed by atoms with E-state index >= 15 is 0 Å². The maximum absolute atomic E-state index is 12.3. The van der Waals surface area contributed by atoms with Gasteiger partial charge < -0.3 is 24.9 Å². The van der Waals surface area contributed by atoms with Gasteiger partial charge in [-0.15, -0.1) is 0 Å². The predicted molar refractivity (Wildman–Crippen MR) is 49.3 cm³/mol. The van der Waals surface area contributed by atoms with E-state index in [2.05, 4.69) is 0 Å². The molecule has 0 unspecified atom stereocenters. The highest BCUT2D eigenvalue weighted by atomic mass is 31.2. The Morgan fingerprint density at radius 2 is 1.69 bits per heavy atom. The van der Waals surface area contributed by atoms with Crippen molar-refractivity contribution in [3.8, 4) is 5.75 Å². The molecule has 0 saturated carbocycles. The second-order valence-corrected chi connectivity index (χ2v) is 3.51. The molecule has 0 bridgehead atoms. The van der Waals surface area contributed by atoms with Gasteiger partial charge >= 0.3 is 13.8 Å². The van der Waals surface area contributed by atoms with E-state index in [0.717, 1.165) is 18.2 Å². The lowest BCUT2D eigenvalue weighted by molar-refractivity contribution is 0.0693. The molecule has 0 amide bonds. The van der Waals surface area contributed by atoms with E-state index in [1.54, 1.807) is 0 Å². The number of rotatable bonds is 1. The number of carboxylic acid groups (broad SMARTS) is 1. The van der Waals surface area contributed by atoms with Crippen LogP contribution < -0.4 is 0 Å². The van der Waals surface area contributed by atoms with Gasteiger partial charge in [-0.25, -0.2) is 13.8 Å². The highest BCUT2D eigenvalue weighted by molar-refractivity contribution is 7.45. The summed E-state index contributed by atoms with van der Waals surface area (Å²) in [6.07, 6.45) is 0. The lowest BCUT2D eigenvalue weighted by Crippen LogP contribution is -1.96. The monoisotopic (exact) mass is 254 g/mol. The highest BCUT2D eigenvalue weighted by Gasteiger charge is 2.09. The Morgan fingerprint density at radius 3 is 2.00 bits per heavy atom.